The van der Waals surface area contributed by atoms with E-state index in [1.54, 1.807) is 0 Å². The Hall–Kier alpha value is -0.0800. The first-order chi connectivity index (χ1) is 6.52. The van der Waals surface area contributed by atoms with Gasteiger partial charge in [0, 0.05) is 0 Å². The fourth-order valence-corrected chi connectivity index (χ4v) is 1.54. The Labute approximate surface area is 90.3 Å². The van der Waals surface area contributed by atoms with Crippen LogP contribution in [0.25, 0.3) is 0 Å². The molecular formula is C12H28N2. The molecule has 0 N–H and O–H groups in total. The zero-order valence-corrected chi connectivity index (χ0v) is 10.7. The standard InChI is InChI=1S/C12H28N2/c1-12(2)8-6-10-14(5)11-7-9-13(3)4/h12H,6-11H2,1-5H3. The smallest absolute Gasteiger partial charge is 0.000960 e. The van der Waals surface area contributed by atoms with E-state index in [-0.39, 0.29) is 0 Å². The fourth-order valence-electron chi connectivity index (χ4n) is 1.54. The molecule has 2 heteroatoms. The molecule has 0 aromatic rings. The van der Waals surface area contributed by atoms with Crippen LogP contribution < -0.4 is 0 Å². The van der Waals surface area contributed by atoms with Crippen LogP contribution in [-0.4, -0.2) is 50.6 Å². The zero-order valence-electron chi connectivity index (χ0n) is 10.7. The summed E-state index contributed by atoms with van der Waals surface area (Å²) in [4.78, 5) is 4.70. The molecule has 0 rings (SSSR count). The van der Waals surface area contributed by atoms with E-state index in [2.05, 4.69) is 44.8 Å². The largest absolute Gasteiger partial charge is 0.309 e. The second kappa shape index (κ2) is 8.25. The Balaban J connectivity index is 3.23. The first-order valence-electron chi connectivity index (χ1n) is 5.85. The summed E-state index contributed by atoms with van der Waals surface area (Å²) in [7, 11) is 6.51. The van der Waals surface area contributed by atoms with Crippen molar-refractivity contribution in [1.29, 1.82) is 0 Å². The van der Waals surface area contributed by atoms with Gasteiger partial charge in [0.2, 0.25) is 0 Å². The highest BCUT2D eigenvalue weighted by atomic mass is 15.1. The summed E-state index contributed by atoms with van der Waals surface area (Å²) in [5.74, 6) is 0.852. The van der Waals surface area contributed by atoms with E-state index in [1.165, 1.54) is 38.9 Å². The Bertz CT molecular complexity index is 107. The second-order valence-corrected chi connectivity index (χ2v) is 5.00. The van der Waals surface area contributed by atoms with Gasteiger partial charge in [0.1, 0.15) is 0 Å². The lowest BCUT2D eigenvalue weighted by Crippen LogP contribution is -2.24. The minimum absolute atomic E-state index is 0.852. The first kappa shape index (κ1) is 13.9. The van der Waals surface area contributed by atoms with Crippen LogP contribution in [0.15, 0.2) is 0 Å². The quantitative estimate of drug-likeness (QED) is 0.593. The molecule has 0 heterocycles. The molecule has 0 aliphatic heterocycles. The Morgan fingerprint density at radius 1 is 0.857 bits per heavy atom. The van der Waals surface area contributed by atoms with Crippen molar-refractivity contribution in [1.82, 2.24) is 9.80 Å². The van der Waals surface area contributed by atoms with Gasteiger partial charge in [0.15, 0.2) is 0 Å². The molecule has 0 radical (unpaired) electrons. The van der Waals surface area contributed by atoms with Crippen molar-refractivity contribution in [3.8, 4) is 0 Å². The molecule has 14 heavy (non-hydrogen) atoms. The predicted octanol–water partition coefficient (Wildman–Crippen LogP) is 2.31. The number of hydrogen-bond donors (Lipinski definition) is 0. The SMILES string of the molecule is CC(C)CCCN(C)CCCN(C)C. The number of rotatable bonds is 8. The van der Waals surface area contributed by atoms with Crippen molar-refractivity contribution in [2.75, 3.05) is 40.8 Å². The maximum atomic E-state index is 2.45. The maximum Gasteiger partial charge on any atom is -0.000960 e. The highest BCUT2D eigenvalue weighted by Gasteiger charge is 2.00. The van der Waals surface area contributed by atoms with Gasteiger partial charge in [-0.25, -0.2) is 0 Å². The second-order valence-electron chi connectivity index (χ2n) is 5.00. The monoisotopic (exact) mass is 200 g/mol. The van der Waals surface area contributed by atoms with E-state index in [4.69, 9.17) is 0 Å². The summed E-state index contributed by atoms with van der Waals surface area (Å²) in [5.41, 5.74) is 0. The van der Waals surface area contributed by atoms with E-state index >= 15 is 0 Å². The average Bonchev–Trinajstić information content (AvgIpc) is 2.02. The van der Waals surface area contributed by atoms with Gasteiger partial charge in [0.25, 0.3) is 0 Å². The van der Waals surface area contributed by atoms with E-state index in [1.807, 2.05) is 0 Å². The highest BCUT2D eigenvalue weighted by Crippen LogP contribution is 2.04. The van der Waals surface area contributed by atoms with E-state index in [9.17, 15) is 0 Å². The lowest BCUT2D eigenvalue weighted by atomic mass is 10.1. The van der Waals surface area contributed by atoms with Crippen molar-refractivity contribution in [3.05, 3.63) is 0 Å². The summed E-state index contributed by atoms with van der Waals surface area (Å²) >= 11 is 0. The topological polar surface area (TPSA) is 6.48 Å². The van der Waals surface area contributed by atoms with Gasteiger partial charge in [-0.2, -0.15) is 0 Å². The van der Waals surface area contributed by atoms with Crippen molar-refractivity contribution in [3.63, 3.8) is 0 Å². The van der Waals surface area contributed by atoms with E-state index < -0.39 is 0 Å². The van der Waals surface area contributed by atoms with Crippen LogP contribution in [0.5, 0.6) is 0 Å². The predicted molar refractivity (Wildman–Crippen MR) is 64.7 cm³/mol. The molecule has 0 saturated heterocycles. The lowest BCUT2D eigenvalue weighted by molar-refractivity contribution is 0.290. The van der Waals surface area contributed by atoms with Gasteiger partial charge in [-0.1, -0.05) is 13.8 Å². The third-order valence-electron chi connectivity index (χ3n) is 2.47. The third-order valence-corrected chi connectivity index (χ3v) is 2.47. The molecule has 0 fully saturated rings. The van der Waals surface area contributed by atoms with Crippen molar-refractivity contribution in [2.24, 2.45) is 5.92 Å². The van der Waals surface area contributed by atoms with Crippen LogP contribution in [0, 0.1) is 5.92 Å². The molecule has 0 atom stereocenters. The average molecular weight is 200 g/mol. The molecule has 0 unspecified atom stereocenters. The van der Waals surface area contributed by atoms with Crippen LogP contribution in [0.4, 0.5) is 0 Å². The van der Waals surface area contributed by atoms with Crippen LogP contribution >= 0.6 is 0 Å². The van der Waals surface area contributed by atoms with Gasteiger partial charge >= 0.3 is 0 Å². The third kappa shape index (κ3) is 10.0. The molecule has 0 amide bonds. The van der Waals surface area contributed by atoms with Crippen LogP contribution in [0.2, 0.25) is 0 Å². The zero-order chi connectivity index (χ0) is 11.0. The molecule has 2 nitrogen and oxygen atoms in total. The molecule has 0 aromatic heterocycles. The van der Waals surface area contributed by atoms with Crippen molar-refractivity contribution in [2.45, 2.75) is 33.1 Å². The summed E-state index contributed by atoms with van der Waals surface area (Å²) in [5, 5.41) is 0. The van der Waals surface area contributed by atoms with Crippen LogP contribution in [-0.2, 0) is 0 Å². The van der Waals surface area contributed by atoms with Gasteiger partial charge in [-0.15, -0.1) is 0 Å². The van der Waals surface area contributed by atoms with Gasteiger partial charge < -0.3 is 9.80 Å². The summed E-state index contributed by atoms with van der Waals surface area (Å²) < 4.78 is 0. The van der Waals surface area contributed by atoms with Gasteiger partial charge in [-0.3, -0.25) is 0 Å². The Kier molecular flexibility index (Phi) is 8.20. The molecular weight excluding hydrogens is 172 g/mol. The number of nitrogens with zero attached hydrogens (tertiary/aromatic N) is 2. The molecule has 86 valence electrons. The normalized spacial score (nSPS) is 12.0. The molecule has 0 aromatic carbocycles. The van der Waals surface area contributed by atoms with Crippen LogP contribution in [0.3, 0.4) is 0 Å². The summed E-state index contributed by atoms with van der Waals surface area (Å²) in [6.07, 6.45) is 3.99. The lowest BCUT2D eigenvalue weighted by Gasteiger charge is -2.18. The Morgan fingerprint density at radius 3 is 1.93 bits per heavy atom. The number of hydrogen-bond acceptors (Lipinski definition) is 2. The first-order valence-corrected chi connectivity index (χ1v) is 5.85. The van der Waals surface area contributed by atoms with Gasteiger partial charge in [0.05, 0.1) is 0 Å². The summed E-state index contributed by atoms with van der Waals surface area (Å²) in [6.45, 7) is 8.29. The highest BCUT2D eigenvalue weighted by molar-refractivity contribution is 4.55. The minimum Gasteiger partial charge on any atom is -0.309 e. The molecule has 0 bridgehead atoms. The Morgan fingerprint density at radius 2 is 1.43 bits per heavy atom. The summed E-state index contributed by atoms with van der Waals surface area (Å²) in [6, 6.07) is 0. The molecule has 0 spiro atoms. The van der Waals surface area contributed by atoms with E-state index in [0.717, 1.165) is 5.92 Å². The van der Waals surface area contributed by atoms with Crippen LogP contribution in [0.1, 0.15) is 33.1 Å². The fraction of sp³-hybridized carbons (Fsp3) is 1.00. The van der Waals surface area contributed by atoms with Gasteiger partial charge in [-0.05, 0) is 66.0 Å². The van der Waals surface area contributed by atoms with Crippen molar-refractivity contribution < 1.29 is 0 Å². The molecule has 0 aliphatic carbocycles. The van der Waals surface area contributed by atoms with E-state index in [0.29, 0.717) is 0 Å². The molecule has 0 aliphatic rings. The minimum atomic E-state index is 0.852. The maximum absolute atomic E-state index is 2.45. The van der Waals surface area contributed by atoms with Crippen molar-refractivity contribution >= 4 is 0 Å². The molecule has 0 saturated carbocycles.